The summed E-state index contributed by atoms with van der Waals surface area (Å²) in [5, 5.41) is 2.80. The van der Waals surface area contributed by atoms with E-state index in [4.69, 9.17) is 4.74 Å². The zero-order chi connectivity index (χ0) is 17.9. The second-order valence-electron chi connectivity index (χ2n) is 7.49. The maximum Gasteiger partial charge on any atom is 0.251 e. The Morgan fingerprint density at radius 2 is 1.88 bits per heavy atom. The number of hydrogen-bond donors (Lipinski definition) is 1. The molecule has 0 saturated carbocycles. The highest BCUT2D eigenvalue weighted by atomic mass is 16.5. The van der Waals surface area contributed by atoms with E-state index in [0.717, 1.165) is 0 Å². The van der Waals surface area contributed by atoms with E-state index in [1.54, 1.807) is 11.8 Å². The van der Waals surface area contributed by atoms with Crippen molar-refractivity contribution in [1.82, 2.24) is 10.2 Å². The Labute approximate surface area is 144 Å². The van der Waals surface area contributed by atoms with Gasteiger partial charge in [-0.15, -0.1) is 0 Å². The van der Waals surface area contributed by atoms with E-state index in [0.29, 0.717) is 25.3 Å². The first-order valence-electron chi connectivity index (χ1n) is 8.50. The van der Waals surface area contributed by atoms with Gasteiger partial charge in [0.25, 0.3) is 5.91 Å². The van der Waals surface area contributed by atoms with Crippen molar-refractivity contribution >= 4 is 11.8 Å². The minimum Gasteiger partial charge on any atom is -0.375 e. The molecule has 1 aromatic carbocycles. The maximum atomic E-state index is 12.5. The van der Waals surface area contributed by atoms with Gasteiger partial charge >= 0.3 is 0 Å². The first-order chi connectivity index (χ1) is 11.2. The summed E-state index contributed by atoms with van der Waals surface area (Å²) in [6, 6.07) is 6.99. The molecule has 1 saturated heterocycles. The van der Waals surface area contributed by atoms with Crippen LogP contribution in [0.5, 0.6) is 0 Å². The van der Waals surface area contributed by atoms with Crippen molar-refractivity contribution in [3.05, 3.63) is 35.4 Å². The SMILES string of the molecule is CC1CN(C(=O)C(C)NC(=O)c2ccc(C(C)(C)C)cc2)CCO1. The summed E-state index contributed by atoms with van der Waals surface area (Å²) in [6.07, 6.45) is 0.0375. The number of carbonyl (C=O) groups is 2. The number of amides is 2. The van der Waals surface area contributed by atoms with Crippen molar-refractivity contribution < 1.29 is 14.3 Å². The average Bonchev–Trinajstić information content (AvgIpc) is 2.53. The lowest BCUT2D eigenvalue weighted by atomic mass is 9.86. The molecule has 1 aliphatic heterocycles. The molecule has 5 nitrogen and oxygen atoms in total. The largest absolute Gasteiger partial charge is 0.375 e. The smallest absolute Gasteiger partial charge is 0.251 e. The van der Waals surface area contributed by atoms with Crippen molar-refractivity contribution in [3.63, 3.8) is 0 Å². The third-order valence-corrected chi connectivity index (χ3v) is 4.28. The molecule has 132 valence electrons. The van der Waals surface area contributed by atoms with E-state index < -0.39 is 6.04 Å². The molecule has 1 heterocycles. The van der Waals surface area contributed by atoms with Gasteiger partial charge < -0.3 is 15.0 Å². The number of nitrogens with zero attached hydrogens (tertiary/aromatic N) is 1. The Balaban J connectivity index is 1.97. The van der Waals surface area contributed by atoms with E-state index in [1.807, 2.05) is 31.2 Å². The molecule has 2 amide bonds. The molecule has 0 bridgehead atoms. The number of morpholine rings is 1. The second-order valence-corrected chi connectivity index (χ2v) is 7.49. The number of carbonyl (C=O) groups excluding carboxylic acids is 2. The minimum absolute atomic E-state index is 0.0375. The molecule has 0 aromatic heterocycles. The van der Waals surface area contributed by atoms with Crippen molar-refractivity contribution in [2.45, 2.75) is 52.2 Å². The summed E-state index contributed by atoms with van der Waals surface area (Å²) < 4.78 is 5.45. The third kappa shape index (κ3) is 4.57. The van der Waals surface area contributed by atoms with Crippen LogP contribution in [0, 0.1) is 0 Å². The van der Waals surface area contributed by atoms with Crippen LogP contribution in [0.25, 0.3) is 0 Å². The monoisotopic (exact) mass is 332 g/mol. The Bertz CT molecular complexity index is 590. The lowest BCUT2D eigenvalue weighted by Gasteiger charge is -2.33. The maximum absolute atomic E-state index is 12.5. The van der Waals surface area contributed by atoms with Gasteiger partial charge in [0.05, 0.1) is 12.7 Å². The van der Waals surface area contributed by atoms with Gasteiger partial charge in [-0.25, -0.2) is 0 Å². The number of benzene rings is 1. The Kier molecular flexibility index (Phi) is 5.65. The van der Waals surface area contributed by atoms with Gasteiger partial charge in [0.15, 0.2) is 0 Å². The van der Waals surface area contributed by atoms with Crippen molar-refractivity contribution in [3.8, 4) is 0 Å². The molecule has 1 N–H and O–H groups in total. The number of ether oxygens (including phenoxy) is 1. The Hall–Kier alpha value is -1.88. The second kappa shape index (κ2) is 7.34. The highest BCUT2D eigenvalue weighted by Crippen LogP contribution is 2.22. The predicted octanol–water partition coefficient (Wildman–Crippen LogP) is 2.35. The molecule has 1 aromatic rings. The molecule has 0 radical (unpaired) electrons. The molecule has 2 atom stereocenters. The summed E-state index contributed by atoms with van der Waals surface area (Å²) in [7, 11) is 0. The highest BCUT2D eigenvalue weighted by Gasteiger charge is 2.26. The normalized spacial score (nSPS) is 19.7. The summed E-state index contributed by atoms with van der Waals surface area (Å²) in [5.74, 6) is -0.289. The first kappa shape index (κ1) is 18.5. The minimum atomic E-state index is -0.551. The van der Waals surface area contributed by atoms with Gasteiger partial charge in [-0.2, -0.15) is 0 Å². The van der Waals surface area contributed by atoms with Crippen molar-refractivity contribution in [2.75, 3.05) is 19.7 Å². The summed E-state index contributed by atoms with van der Waals surface area (Å²) >= 11 is 0. The van der Waals surface area contributed by atoms with Crippen LogP contribution in [0.4, 0.5) is 0 Å². The zero-order valence-corrected chi connectivity index (χ0v) is 15.3. The highest BCUT2D eigenvalue weighted by molar-refractivity contribution is 5.97. The summed E-state index contributed by atoms with van der Waals surface area (Å²) in [6.45, 7) is 11.7. The lowest BCUT2D eigenvalue weighted by molar-refractivity contribution is -0.139. The quantitative estimate of drug-likeness (QED) is 0.924. The molecular weight excluding hydrogens is 304 g/mol. The van der Waals surface area contributed by atoms with E-state index in [-0.39, 0.29) is 23.3 Å². The number of nitrogens with one attached hydrogen (secondary N) is 1. The van der Waals surface area contributed by atoms with Crippen LogP contribution in [0.15, 0.2) is 24.3 Å². The van der Waals surface area contributed by atoms with Crippen molar-refractivity contribution in [1.29, 1.82) is 0 Å². The van der Waals surface area contributed by atoms with Gasteiger partial charge in [-0.3, -0.25) is 9.59 Å². The fourth-order valence-electron chi connectivity index (χ4n) is 2.76. The molecule has 2 rings (SSSR count). The summed E-state index contributed by atoms with van der Waals surface area (Å²) in [4.78, 5) is 26.6. The molecule has 0 spiro atoms. The van der Waals surface area contributed by atoms with Crippen LogP contribution in [0.3, 0.4) is 0 Å². The van der Waals surface area contributed by atoms with Crippen molar-refractivity contribution in [2.24, 2.45) is 0 Å². The number of rotatable bonds is 3. The van der Waals surface area contributed by atoms with E-state index in [9.17, 15) is 9.59 Å². The molecular formula is C19H28N2O3. The molecule has 2 unspecified atom stereocenters. The lowest BCUT2D eigenvalue weighted by Crippen LogP contribution is -2.52. The standard InChI is InChI=1S/C19H28N2O3/c1-13-12-21(10-11-24-13)18(23)14(2)20-17(22)15-6-8-16(9-7-15)19(3,4)5/h6-9,13-14H,10-12H2,1-5H3,(H,20,22). The first-order valence-corrected chi connectivity index (χ1v) is 8.50. The molecule has 5 heteroatoms. The van der Waals surface area contributed by atoms with Crippen LogP contribution in [-0.2, 0) is 14.9 Å². The fraction of sp³-hybridized carbons (Fsp3) is 0.579. The predicted molar refractivity (Wildman–Crippen MR) is 94.1 cm³/mol. The van der Waals surface area contributed by atoms with Gasteiger partial charge in [-0.05, 0) is 37.0 Å². The van der Waals surface area contributed by atoms with Crippen LogP contribution in [0.2, 0.25) is 0 Å². The van der Waals surface area contributed by atoms with E-state index in [1.165, 1.54) is 5.56 Å². The van der Waals surface area contributed by atoms with Crippen LogP contribution >= 0.6 is 0 Å². The zero-order valence-electron chi connectivity index (χ0n) is 15.3. The Morgan fingerprint density at radius 3 is 2.42 bits per heavy atom. The van der Waals surface area contributed by atoms with Gasteiger partial charge in [0, 0.05) is 18.7 Å². The Morgan fingerprint density at radius 1 is 1.25 bits per heavy atom. The third-order valence-electron chi connectivity index (χ3n) is 4.28. The van der Waals surface area contributed by atoms with Gasteiger partial charge in [0.2, 0.25) is 5.91 Å². The van der Waals surface area contributed by atoms with E-state index in [2.05, 4.69) is 26.1 Å². The van der Waals surface area contributed by atoms with Gasteiger partial charge in [-0.1, -0.05) is 32.9 Å². The fourth-order valence-corrected chi connectivity index (χ4v) is 2.76. The topological polar surface area (TPSA) is 58.6 Å². The van der Waals surface area contributed by atoms with Crippen LogP contribution in [-0.4, -0.2) is 48.6 Å². The van der Waals surface area contributed by atoms with Gasteiger partial charge in [0.1, 0.15) is 6.04 Å². The van der Waals surface area contributed by atoms with Crippen LogP contribution in [0.1, 0.15) is 50.5 Å². The molecule has 1 aliphatic rings. The van der Waals surface area contributed by atoms with E-state index >= 15 is 0 Å². The average molecular weight is 332 g/mol. The molecule has 0 aliphatic carbocycles. The van der Waals surface area contributed by atoms with Crippen LogP contribution < -0.4 is 5.32 Å². The molecule has 1 fully saturated rings. The molecule has 24 heavy (non-hydrogen) atoms. The number of hydrogen-bond acceptors (Lipinski definition) is 3. The summed E-state index contributed by atoms with van der Waals surface area (Å²) in [5.41, 5.74) is 1.79.